The summed E-state index contributed by atoms with van der Waals surface area (Å²) < 4.78 is 0. The Kier molecular flexibility index (Phi) is 4.88. The molecule has 0 spiro atoms. The second kappa shape index (κ2) is 7.09. The maximum atomic E-state index is 12.6. The summed E-state index contributed by atoms with van der Waals surface area (Å²) in [4.78, 5) is 26.0. The monoisotopic (exact) mass is 337 g/mol. The Morgan fingerprint density at radius 3 is 2.40 bits per heavy atom. The van der Waals surface area contributed by atoms with Crippen molar-refractivity contribution in [1.82, 2.24) is 4.90 Å². The SMILES string of the molecule is CCC(CC)C(=O)N1Cc2ccc(-c3ccccc3C(=O)O)cc2C1. The third kappa shape index (κ3) is 3.29. The summed E-state index contributed by atoms with van der Waals surface area (Å²) >= 11 is 0. The third-order valence-corrected chi connectivity index (χ3v) is 5.04. The Morgan fingerprint density at radius 1 is 1.04 bits per heavy atom. The number of rotatable bonds is 5. The molecule has 2 aromatic carbocycles. The second-order valence-corrected chi connectivity index (χ2v) is 6.54. The highest BCUT2D eigenvalue weighted by atomic mass is 16.4. The average molecular weight is 337 g/mol. The quantitative estimate of drug-likeness (QED) is 0.883. The Hall–Kier alpha value is -2.62. The molecule has 2 aromatic rings. The van der Waals surface area contributed by atoms with Crippen molar-refractivity contribution in [2.45, 2.75) is 39.8 Å². The van der Waals surface area contributed by atoms with Gasteiger partial charge < -0.3 is 10.0 Å². The van der Waals surface area contributed by atoms with Crippen molar-refractivity contribution in [2.24, 2.45) is 5.92 Å². The number of carbonyl (C=O) groups excluding carboxylic acids is 1. The molecule has 1 aliphatic heterocycles. The number of fused-ring (bicyclic) bond motifs is 1. The maximum absolute atomic E-state index is 12.6. The maximum Gasteiger partial charge on any atom is 0.336 e. The zero-order valence-corrected chi connectivity index (χ0v) is 14.7. The van der Waals surface area contributed by atoms with Crippen LogP contribution < -0.4 is 0 Å². The van der Waals surface area contributed by atoms with Crippen molar-refractivity contribution in [3.8, 4) is 11.1 Å². The van der Waals surface area contributed by atoms with E-state index in [-0.39, 0.29) is 11.8 Å². The highest BCUT2D eigenvalue weighted by Crippen LogP contribution is 2.31. The molecule has 0 saturated carbocycles. The number of benzene rings is 2. The predicted octanol–water partition coefficient (Wildman–Crippen LogP) is 4.33. The van der Waals surface area contributed by atoms with Crippen LogP contribution in [0, 0.1) is 5.92 Å². The molecule has 0 aromatic heterocycles. The number of carboxylic acid groups (broad SMARTS) is 1. The van der Waals surface area contributed by atoms with Gasteiger partial charge in [0.2, 0.25) is 5.91 Å². The van der Waals surface area contributed by atoms with Crippen molar-refractivity contribution in [1.29, 1.82) is 0 Å². The van der Waals surface area contributed by atoms with Gasteiger partial charge in [-0.2, -0.15) is 0 Å². The van der Waals surface area contributed by atoms with Crippen molar-refractivity contribution in [2.75, 3.05) is 0 Å². The lowest BCUT2D eigenvalue weighted by Crippen LogP contribution is -2.31. The number of carboxylic acids is 1. The van der Waals surface area contributed by atoms with Crippen molar-refractivity contribution < 1.29 is 14.7 Å². The van der Waals surface area contributed by atoms with Crippen LogP contribution in [0.4, 0.5) is 0 Å². The summed E-state index contributed by atoms with van der Waals surface area (Å²) in [5.74, 6) is -0.628. The van der Waals surface area contributed by atoms with E-state index in [0.29, 0.717) is 24.2 Å². The normalized spacial score (nSPS) is 13.2. The molecule has 0 fully saturated rings. The zero-order valence-electron chi connectivity index (χ0n) is 14.7. The highest BCUT2D eigenvalue weighted by molar-refractivity contribution is 5.96. The lowest BCUT2D eigenvalue weighted by atomic mass is 9.97. The van der Waals surface area contributed by atoms with E-state index in [4.69, 9.17) is 0 Å². The minimum atomic E-state index is -0.929. The Balaban J connectivity index is 1.89. The van der Waals surface area contributed by atoms with Gasteiger partial charge in [0.1, 0.15) is 0 Å². The molecule has 1 heterocycles. The van der Waals surface area contributed by atoms with Crippen molar-refractivity contribution in [3.63, 3.8) is 0 Å². The van der Waals surface area contributed by atoms with Crippen LogP contribution >= 0.6 is 0 Å². The van der Waals surface area contributed by atoms with Gasteiger partial charge in [-0.15, -0.1) is 0 Å². The average Bonchev–Trinajstić information content (AvgIpc) is 3.05. The van der Waals surface area contributed by atoms with Gasteiger partial charge in [0.25, 0.3) is 0 Å². The number of hydrogen-bond acceptors (Lipinski definition) is 2. The van der Waals surface area contributed by atoms with Crippen molar-refractivity contribution in [3.05, 3.63) is 59.2 Å². The molecule has 0 aliphatic carbocycles. The smallest absolute Gasteiger partial charge is 0.336 e. The number of amides is 1. The topological polar surface area (TPSA) is 57.6 Å². The molecule has 25 heavy (non-hydrogen) atoms. The summed E-state index contributed by atoms with van der Waals surface area (Å²) in [5, 5.41) is 9.40. The van der Waals surface area contributed by atoms with Gasteiger partial charge in [-0.25, -0.2) is 4.79 Å². The van der Waals surface area contributed by atoms with E-state index in [1.807, 2.05) is 35.2 Å². The van der Waals surface area contributed by atoms with E-state index in [0.717, 1.165) is 29.5 Å². The Morgan fingerprint density at radius 2 is 1.72 bits per heavy atom. The summed E-state index contributed by atoms with van der Waals surface area (Å²) in [6, 6.07) is 13.0. The van der Waals surface area contributed by atoms with Gasteiger partial charge >= 0.3 is 5.97 Å². The van der Waals surface area contributed by atoms with Gasteiger partial charge in [0.15, 0.2) is 0 Å². The lowest BCUT2D eigenvalue weighted by Gasteiger charge is -2.21. The number of aromatic carboxylic acids is 1. The van der Waals surface area contributed by atoms with Crippen molar-refractivity contribution >= 4 is 11.9 Å². The number of nitrogens with zero attached hydrogens (tertiary/aromatic N) is 1. The second-order valence-electron chi connectivity index (χ2n) is 6.54. The predicted molar refractivity (Wildman–Crippen MR) is 97.2 cm³/mol. The molecule has 4 heteroatoms. The first-order chi connectivity index (χ1) is 12.0. The molecule has 0 atom stereocenters. The van der Waals surface area contributed by atoms with Gasteiger partial charge in [0.05, 0.1) is 5.56 Å². The number of carbonyl (C=O) groups is 2. The summed E-state index contributed by atoms with van der Waals surface area (Å²) in [6.45, 7) is 5.35. The molecule has 130 valence electrons. The number of hydrogen-bond donors (Lipinski definition) is 1. The molecular formula is C21H23NO3. The molecule has 0 radical (unpaired) electrons. The molecule has 0 bridgehead atoms. The van der Waals surface area contributed by atoms with Crippen LogP contribution in [0.25, 0.3) is 11.1 Å². The fraction of sp³-hybridized carbons (Fsp3) is 0.333. The molecule has 1 amide bonds. The third-order valence-electron chi connectivity index (χ3n) is 5.04. The lowest BCUT2D eigenvalue weighted by molar-refractivity contribution is -0.136. The van der Waals surface area contributed by atoms with E-state index in [2.05, 4.69) is 13.8 Å². The standard InChI is InChI=1S/C21H23NO3/c1-3-14(4-2)20(23)22-12-16-10-9-15(11-17(16)13-22)18-7-5-6-8-19(18)21(24)25/h5-11,14H,3-4,12-13H2,1-2H3,(H,24,25). The largest absolute Gasteiger partial charge is 0.478 e. The molecule has 1 aliphatic rings. The van der Waals surface area contributed by atoms with Gasteiger partial charge in [-0.05, 0) is 47.2 Å². The fourth-order valence-electron chi connectivity index (χ4n) is 3.54. The van der Waals surface area contributed by atoms with Crippen LogP contribution in [0.2, 0.25) is 0 Å². The van der Waals surface area contributed by atoms with Crippen LogP contribution in [0.5, 0.6) is 0 Å². The van der Waals surface area contributed by atoms with E-state index in [1.54, 1.807) is 12.1 Å². The Bertz CT molecular complexity index is 809. The van der Waals surface area contributed by atoms with Crippen LogP contribution in [-0.2, 0) is 17.9 Å². The van der Waals surface area contributed by atoms with Gasteiger partial charge in [-0.3, -0.25) is 4.79 Å². The molecule has 1 N–H and O–H groups in total. The van der Waals surface area contributed by atoms with E-state index < -0.39 is 5.97 Å². The minimum absolute atomic E-state index is 0.0847. The van der Waals surface area contributed by atoms with E-state index >= 15 is 0 Å². The first kappa shape index (κ1) is 17.2. The first-order valence-corrected chi connectivity index (χ1v) is 8.78. The molecular weight excluding hydrogens is 314 g/mol. The Labute approximate surface area is 148 Å². The van der Waals surface area contributed by atoms with Gasteiger partial charge in [0, 0.05) is 19.0 Å². The highest BCUT2D eigenvalue weighted by Gasteiger charge is 2.27. The van der Waals surface area contributed by atoms with Crippen LogP contribution in [0.15, 0.2) is 42.5 Å². The summed E-state index contributed by atoms with van der Waals surface area (Å²) in [6.07, 6.45) is 1.72. The molecule has 3 rings (SSSR count). The molecule has 0 saturated heterocycles. The molecule has 4 nitrogen and oxygen atoms in total. The molecule has 0 unspecified atom stereocenters. The van der Waals surface area contributed by atoms with E-state index in [9.17, 15) is 14.7 Å². The minimum Gasteiger partial charge on any atom is -0.478 e. The van der Waals surface area contributed by atoms with Crippen LogP contribution in [-0.4, -0.2) is 21.9 Å². The van der Waals surface area contributed by atoms with E-state index in [1.165, 1.54) is 0 Å². The summed E-state index contributed by atoms with van der Waals surface area (Å²) in [5.41, 5.74) is 4.15. The first-order valence-electron chi connectivity index (χ1n) is 8.78. The van der Waals surface area contributed by atoms with Crippen LogP contribution in [0.3, 0.4) is 0 Å². The van der Waals surface area contributed by atoms with Gasteiger partial charge in [-0.1, -0.05) is 44.2 Å². The summed E-state index contributed by atoms with van der Waals surface area (Å²) in [7, 11) is 0. The fourth-order valence-corrected chi connectivity index (χ4v) is 3.54. The zero-order chi connectivity index (χ0) is 18.0. The van der Waals surface area contributed by atoms with Crippen LogP contribution in [0.1, 0.15) is 48.2 Å².